The average molecular weight is 500 g/mol. The molecule has 9 nitrogen and oxygen atoms in total. The summed E-state index contributed by atoms with van der Waals surface area (Å²) in [6.45, 7) is 0. The molecule has 34 heavy (non-hydrogen) atoms. The topological polar surface area (TPSA) is 162 Å². The highest BCUT2D eigenvalue weighted by Gasteiger charge is 2.19. The zero-order valence-corrected chi connectivity index (χ0v) is 19.0. The second kappa shape index (κ2) is 9.94. The van der Waals surface area contributed by atoms with Crippen LogP contribution in [0.4, 0.5) is 4.39 Å². The van der Waals surface area contributed by atoms with Gasteiger partial charge in [-0.25, -0.2) is 36.2 Å². The molecule has 1 heterocycles. The summed E-state index contributed by atoms with van der Waals surface area (Å²) < 4.78 is 59.3. The molecule has 0 amide bonds. The summed E-state index contributed by atoms with van der Waals surface area (Å²) in [5.74, 6) is -0.407. The van der Waals surface area contributed by atoms with Crippen molar-refractivity contribution in [1.82, 2.24) is 9.78 Å². The van der Waals surface area contributed by atoms with E-state index in [0.29, 0.717) is 11.3 Å². The van der Waals surface area contributed by atoms with E-state index in [1.807, 2.05) is 6.07 Å². The Balaban J connectivity index is 0.000000271. The van der Waals surface area contributed by atoms with Crippen molar-refractivity contribution in [2.24, 2.45) is 10.3 Å². The summed E-state index contributed by atoms with van der Waals surface area (Å²) in [7, 11) is -7.49. The lowest BCUT2D eigenvalue weighted by Gasteiger charge is -2.11. The number of hydrogen-bond acceptors (Lipinski definition) is 6. The van der Waals surface area contributed by atoms with E-state index in [0.717, 1.165) is 0 Å². The summed E-state index contributed by atoms with van der Waals surface area (Å²) in [6.07, 6.45) is 0. The number of nitrogens with two attached hydrogens (primary N) is 2. The number of rotatable bonds is 4. The van der Waals surface area contributed by atoms with Crippen LogP contribution in [0.25, 0.3) is 16.9 Å². The highest BCUT2D eigenvalue weighted by Crippen LogP contribution is 2.27. The number of hydrogen-bond donors (Lipinski definition) is 2. The molecule has 174 valence electrons. The molecule has 0 spiro atoms. The van der Waals surface area contributed by atoms with Gasteiger partial charge in [0.05, 0.1) is 16.3 Å². The van der Waals surface area contributed by atoms with Crippen LogP contribution in [0, 0.1) is 17.1 Å². The van der Waals surface area contributed by atoms with Crippen molar-refractivity contribution in [2.75, 3.05) is 0 Å². The standard InChI is InChI=1S/C16H11FN4O2S.C6H7NO2S/c17-12-7-5-11(6-8-12)15-9-13(10-18)20-21(15)14-3-1-2-4-16(14)24(19,22)23;7-10(8,9)6-4-2-1-3-5-6/h1-9H,(H2,19,22,23);1-5H,(H2,7,8,9). The number of sulfonamides is 2. The van der Waals surface area contributed by atoms with Gasteiger partial charge in [0, 0.05) is 11.6 Å². The molecule has 0 aliphatic heterocycles. The minimum Gasteiger partial charge on any atom is -0.230 e. The molecule has 1 aromatic heterocycles. The average Bonchev–Trinajstić information content (AvgIpc) is 3.24. The number of halogens is 1. The van der Waals surface area contributed by atoms with Gasteiger partial charge in [0.1, 0.15) is 16.8 Å². The highest BCUT2D eigenvalue weighted by atomic mass is 32.2. The largest absolute Gasteiger partial charge is 0.240 e. The van der Waals surface area contributed by atoms with Crippen LogP contribution in [-0.4, -0.2) is 26.6 Å². The fourth-order valence-corrected chi connectivity index (χ4v) is 4.18. The SMILES string of the molecule is N#Cc1cc(-c2ccc(F)cc2)n(-c2ccccc2S(N)(=O)=O)n1.NS(=O)(=O)c1ccccc1. The van der Waals surface area contributed by atoms with Gasteiger partial charge < -0.3 is 0 Å². The normalized spacial score (nSPS) is 11.2. The van der Waals surface area contributed by atoms with Crippen molar-refractivity contribution in [2.45, 2.75) is 9.79 Å². The van der Waals surface area contributed by atoms with Gasteiger partial charge in [0.25, 0.3) is 0 Å². The minimum atomic E-state index is -3.99. The van der Waals surface area contributed by atoms with Gasteiger partial charge in [0.15, 0.2) is 5.69 Å². The number of nitriles is 1. The van der Waals surface area contributed by atoms with Crippen LogP contribution in [0.5, 0.6) is 0 Å². The van der Waals surface area contributed by atoms with Crippen LogP contribution in [0.15, 0.2) is 94.7 Å². The first kappa shape index (κ1) is 24.7. The van der Waals surface area contributed by atoms with E-state index >= 15 is 0 Å². The van der Waals surface area contributed by atoms with E-state index in [9.17, 15) is 21.2 Å². The van der Waals surface area contributed by atoms with Gasteiger partial charge >= 0.3 is 0 Å². The molecule has 0 saturated carbocycles. The number of aromatic nitrogens is 2. The van der Waals surface area contributed by atoms with Gasteiger partial charge in [-0.15, -0.1) is 0 Å². The van der Waals surface area contributed by atoms with E-state index in [1.54, 1.807) is 24.3 Å². The third-order valence-corrected chi connectivity index (χ3v) is 6.32. The van der Waals surface area contributed by atoms with Gasteiger partial charge in [-0.05, 0) is 48.5 Å². The molecule has 0 bridgehead atoms. The van der Waals surface area contributed by atoms with Crippen molar-refractivity contribution >= 4 is 20.0 Å². The summed E-state index contributed by atoms with van der Waals surface area (Å²) in [5.41, 5.74) is 1.33. The number of nitrogens with zero attached hydrogens (tertiary/aromatic N) is 3. The number of para-hydroxylation sites is 1. The summed E-state index contributed by atoms with van der Waals surface area (Å²) in [4.78, 5) is 0.0240. The van der Waals surface area contributed by atoms with Crippen LogP contribution < -0.4 is 10.3 Å². The highest BCUT2D eigenvalue weighted by molar-refractivity contribution is 7.89. The van der Waals surface area contributed by atoms with Crippen molar-refractivity contribution in [3.05, 3.63) is 96.4 Å². The Morgan fingerprint density at radius 1 is 0.824 bits per heavy atom. The molecule has 0 unspecified atom stereocenters. The molecular formula is C22H18FN5O4S2. The first-order chi connectivity index (χ1) is 16.0. The van der Waals surface area contributed by atoms with Crippen molar-refractivity contribution in [3.8, 4) is 23.0 Å². The third-order valence-electron chi connectivity index (χ3n) is 4.44. The smallest absolute Gasteiger partial charge is 0.230 e. The van der Waals surface area contributed by atoms with Gasteiger partial charge in [0.2, 0.25) is 20.0 Å². The van der Waals surface area contributed by atoms with E-state index in [-0.39, 0.29) is 21.2 Å². The Labute approximate surface area is 195 Å². The lowest BCUT2D eigenvalue weighted by atomic mass is 10.1. The molecule has 0 aliphatic carbocycles. The summed E-state index contributed by atoms with van der Waals surface area (Å²) in [5, 5.41) is 23.3. The molecule has 0 radical (unpaired) electrons. The number of primary sulfonamides is 2. The first-order valence-corrected chi connectivity index (χ1v) is 12.6. The Morgan fingerprint density at radius 3 is 1.94 bits per heavy atom. The van der Waals surface area contributed by atoms with Crippen LogP contribution >= 0.6 is 0 Å². The van der Waals surface area contributed by atoms with Crippen LogP contribution in [0.1, 0.15) is 5.69 Å². The van der Waals surface area contributed by atoms with Crippen molar-refractivity contribution in [1.29, 1.82) is 5.26 Å². The predicted molar refractivity (Wildman–Crippen MR) is 123 cm³/mol. The zero-order chi connectivity index (χ0) is 24.9. The fraction of sp³-hybridized carbons (Fsp3) is 0. The third kappa shape index (κ3) is 5.91. The van der Waals surface area contributed by atoms with E-state index in [1.165, 1.54) is 65.3 Å². The monoisotopic (exact) mass is 499 g/mol. The quantitative estimate of drug-likeness (QED) is 0.438. The Bertz CT molecular complexity index is 1560. The predicted octanol–water partition coefficient (Wildman–Crippen LogP) is 2.53. The van der Waals surface area contributed by atoms with Crippen LogP contribution in [0.3, 0.4) is 0 Å². The fourth-order valence-electron chi connectivity index (χ4n) is 2.93. The summed E-state index contributed by atoms with van der Waals surface area (Å²) in [6, 6.07) is 22.9. The molecule has 4 aromatic rings. The molecule has 0 aliphatic rings. The van der Waals surface area contributed by atoms with Crippen LogP contribution in [-0.2, 0) is 20.0 Å². The molecule has 4 N–H and O–H groups in total. The van der Waals surface area contributed by atoms with Gasteiger partial charge in [-0.3, -0.25) is 0 Å². The molecule has 4 rings (SSSR count). The Morgan fingerprint density at radius 2 is 1.41 bits per heavy atom. The second-order valence-electron chi connectivity index (χ2n) is 6.82. The van der Waals surface area contributed by atoms with E-state index < -0.39 is 25.9 Å². The Kier molecular flexibility index (Phi) is 7.23. The molecule has 0 fully saturated rings. The summed E-state index contributed by atoms with van der Waals surface area (Å²) >= 11 is 0. The Hall–Kier alpha value is -3.89. The van der Waals surface area contributed by atoms with E-state index in [2.05, 4.69) is 5.10 Å². The first-order valence-electron chi connectivity index (χ1n) is 9.47. The van der Waals surface area contributed by atoms with E-state index in [4.69, 9.17) is 15.5 Å². The second-order valence-corrected chi connectivity index (χ2v) is 9.91. The maximum Gasteiger partial charge on any atom is 0.240 e. The minimum absolute atomic E-state index is 0.0959. The maximum atomic E-state index is 13.1. The van der Waals surface area contributed by atoms with Gasteiger partial charge in [-0.1, -0.05) is 30.3 Å². The lowest BCUT2D eigenvalue weighted by Crippen LogP contribution is -2.16. The van der Waals surface area contributed by atoms with Gasteiger partial charge in [-0.2, -0.15) is 10.4 Å². The van der Waals surface area contributed by atoms with Crippen molar-refractivity contribution in [3.63, 3.8) is 0 Å². The molecule has 12 heteroatoms. The molecule has 0 saturated heterocycles. The van der Waals surface area contributed by atoms with Crippen molar-refractivity contribution < 1.29 is 21.2 Å². The zero-order valence-electron chi connectivity index (χ0n) is 17.4. The van der Waals surface area contributed by atoms with Crippen LogP contribution in [0.2, 0.25) is 0 Å². The number of benzene rings is 3. The lowest BCUT2D eigenvalue weighted by molar-refractivity contribution is 0.595. The molecular weight excluding hydrogens is 481 g/mol. The maximum absolute atomic E-state index is 13.1. The molecule has 0 atom stereocenters. The molecule has 3 aromatic carbocycles.